The van der Waals surface area contributed by atoms with E-state index < -0.39 is 6.04 Å². The standard InChI is InChI=1S/C37H71N5O6/c1-5-9-15-22-30(20-7-3)35(45)47-28-18-14-12-11-13-17-26-40-34(44)32(25-27-41-37(38)39)42-33(43)24-19-29-48-36(46)31(21-8-4)23-16-10-6-2/h30-32H,5-29H2,1-4H3,(H,40,44)(H,42,43)(H4,38,39,41)/t30?,31?,32-/m0/s1. The highest BCUT2D eigenvalue weighted by Crippen LogP contribution is 2.19. The van der Waals surface area contributed by atoms with Gasteiger partial charge >= 0.3 is 11.9 Å². The number of hydrogen-bond donors (Lipinski definition) is 4. The van der Waals surface area contributed by atoms with Gasteiger partial charge in [0.2, 0.25) is 11.8 Å². The predicted molar refractivity (Wildman–Crippen MR) is 194 cm³/mol. The van der Waals surface area contributed by atoms with Gasteiger partial charge in [0.25, 0.3) is 0 Å². The molecule has 2 unspecified atom stereocenters. The first-order valence-corrected chi connectivity index (χ1v) is 19.2. The number of ether oxygens (including phenoxy) is 2. The van der Waals surface area contributed by atoms with E-state index >= 15 is 0 Å². The average molecular weight is 682 g/mol. The molecule has 0 fully saturated rings. The average Bonchev–Trinajstić information content (AvgIpc) is 3.06. The molecule has 0 aliphatic carbocycles. The van der Waals surface area contributed by atoms with Crippen LogP contribution in [0.1, 0.15) is 163 Å². The van der Waals surface area contributed by atoms with E-state index in [1.807, 2.05) is 0 Å². The SMILES string of the molecule is CCCCCC(CCC)C(=O)OCCCCCCCCNC(=O)[C@H](CCN=C(N)N)NC(=O)CCCOC(=O)C(CCC)CCCCC. The number of aliphatic imine (C=N–C) groups is 1. The van der Waals surface area contributed by atoms with Gasteiger partial charge in [-0.05, 0) is 51.4 Å². The summed E-state index contributed by atoms with van der Waals surface area (Å²) in [6, 6.07) is -0.762. The number of esters is 2. The van der Waals surface area contributed by atoms with E-state index in [-0.39, 0.29) is 67.5 Å². The van der Waals surface area contributed by atoms with Gasteiger partial charge in [-0.3, -0.25) is 24.2 Å². The van der Waals surface area contributed by atoms with Crippen molar-refractivity contribution in [1.29, 1.82) is 0 Å². The molecule has 0 rings (SSSR count). The largest absolute Gasteiger partial charge is 0.465 e. The zero-order valence-corrected chi connectivity index (χ0v) is 31.0. The molecule has 11 nitrogen and oxygen atoms in total. The highest BCUT2D eigenvalue weighted by Gasteiger charge is 2.22. The van der Waals surface area contributed by atoms with Gasteiger partial charge < -0.3 is 31.6 Å². The van der Waals surface area contributed by atoms with Gasteiger partial charge in [0.05, 0.1) is 25.0 Å². The molecule has 0 saturated carbocycles. The fraction of sp³-hybridized carbons (Fsp3) is 0.865. The molecule has 3 atom stereocenters. The summed E-state index contributed by atoms with van der Waals surface area (Å²) in [5.74, 6) is -0.891. The number of amides is 2. The molecular weight excluding hydrogens is 610 g/mol. The fourth-order valence-electron chi connectivity index (χ4n) is 5.68. The minimum absolute atomic E-state index is 0.0361. The van der Waals surface area contributed by atoms with Crippen LogP contribution in [-0.4, -0.2) is 62.1 Å². The summed E-state index contributed by atoms with van der Waals surface area (Å²) in [6.45, 7) is 9.86. The van der Waals surface area contributed by atoms with Gasteiger partial charge in [-0.15, -0.1) is 0 Å². The number of nitrogens with two attached hydrogens (primary N) is 2. The van der Waals surface area contributed by atoms with Gasteiger partial charge in [-0.2, -0.15) is 0 Å². The zero-order valence-electron chi connectivity index (χ0n) is 31.0. The molecule has 0 aromatic heterocycles. The number of carbonyl (C=O) groups excluding carboxylic acids is 4. The van der Waals surface area contributed by atoms with Gasteiger partial charge in [-0.25, -0.2) is 0 Å². The molecule has 2 amide bonds. The Morgan fingerprint density at radius 2 is 1.12 bits per heavy atom. The Bertz CT molecular complexity index is 880. The topological polar surface area (TPSA) is 175 Å². The Labute approximate surface area is 291 Å². The van der Waals surface area contributed by atoms with Gasteiger partial charge in [0.15, 0.2) is 5.96 Å². The molecule has 11 heteroatoms. The first-order valence-electron chi connectivity index (χ1n) is 19.2. The maximum absolute atomic E-state index is 12.9. The van der Waals surface area contributed by atoms with Crippen LogP contribution in [0.25, 0.3) is 0 Å². The van der Waals surface area contributed by atoms with Crippen LogP contribution in [0.15, 0.2) is 4.99 Å². The molecule has 0 aromatic carbocycles. The minimum atomic E-state index is -0.762. The van der Waals surface area contributed by atoms with Crippen molar-refractivity contribution in [2.45, 2.75) is 169 Å². The van der Waals surface area contributed by atoms with Crippen LogP contribution < -0.4 is 22.1 Å². The lowest BCUT2D eigenvalue weighted by atomic mass is 9.97. The molecule has 0 bridgehead atoms. The van der Waals surface area contributed by atoms with Crippen molar-refractivity contribution in [3.8, 4) is 0 Å². The van der Waals surface area contributed by atoms with Crippen LogP contribution in [0, 0.1) is 11.8 Å². The van der Waals surface area contributed by atoms with Crippen LogP contribution in [0.3, 0.4) is 0 Å². The normalized spacial score (nSPS) is 12.8. The molecule has 0 aliphatic rings. The Balaban J connectivity index is 4.37. The van der Waals surface area contributed by atoms with E-state index in [1.54, 1.807) is 0 Å². The monoisotopic (exact) mass is 682 g/mol. The quantitative estimate of drug-likeness (QED) is 0.0271. The summed E-state index contributed by atoms with van der Waals surface area (Å²) >= 11 is 0. The van der Waals surface area contributed by atoms with E-state index in [4.69, 9.17) is 20.9 Å². The van der Waals surface area contributed by atoms with E-state index in [9.17, 15) is 19.2 Å². The van der Waals surface area contributed by atoms with Crippen LogP contribution in [-0.2, 0) is 28.7 Å². The Morgan fingerprint density at radius 3 is 1.65 bits per heavy atom. The number of carbonyl (C=O) groups is 4. The second-order valence-corrected chi connectivity index (χ2v) is 13.0. The summed E-state index contributed by atoms with van der Waals surface area (Å²) in [5, 5.41) is 5.72. The summed E-state index contributed by atoms with van der Waals surface area (Å²) < 4.78 is 11.0. The van der Waals surface area contributed by atoms with Gasteiger partial charge in [0, 0.05) is 19.5 Å². The molecule has 0 saturated heterocycles. The first-order chi connectivity index (χ1) is 23.2. The number of nitrogens with zero attached hydrogens (tertiary/aromatic N) is 1. The lowest BCUT2D eigenvalue weighted by Gasteiger charge is -2.18. The lowest BCUT2D eigenvalue weighted by molar-refractivity contribution is -0.150. The van der Waals surface area contributed by atoms with Crippen LogP contribution in [0.5, 0.6) is 0 Å². The smallest absolute Gasteiger partial charge is 0.308 e. The van der Waals surface area contributed by atoms with Gasteiger partial charge in [0.1, 0.15) is 6.04 Å². The van der Waals surface area contributed by atoms with Crippen LogP contribution in [0.2, 0.25) is 0 Å². The second-order valence-electron chi connectivity index (χ2n) is 13.0. The van der Waals surface area contributed by atoms with Crippen molar-refractivity contribution in [1.82, 2.24) is 10.6 Å². The lowest BCUT2D eigenvalue weighted by Crippen LogP contribution is -2.47. The molecule has 0 spiro atoms. The third-order valence-electron chi connectivity index (χ3n) is 8.52. The molecule has 0 heterocycles. The second kappa shape index (κ2) is 31.4. The summed E-state index contributed by atoms with van der Waals surface area (Å²) in [5.41, 5.74) is 10.9. The summed E-state index contributed by atoms with van der Waals surface area (Å²) in [7, 11) is 0. The molecule has 48 heavy (non-hydrogen) atoms. The van der Waals surface area contributed by atoms with Crippen molar-refractivity contribution in [2.75, 3.05) is 26.3 Å². The predicted octanol–water partition coefficient (Wildman–Crippen LogP) is 6.45. The molecule has 0 aromatic rings. The van der Waals surface area contributed by atoms with Crippen LogP contribution in [0.4, 0.5) is 0 Å². The van der Waals surface area contributed by atoms with Crippen LogP contribution >= 0.6 is 0 Å². The van der Waals surface area contributed by atoms with E-state index in [0.717, 1.165) is 116 Å². The summed E-state index contributed by atoms with van der Waals surface area (Å²) in [6.07, 6.45) is 18.6. The number of rotatable bonds is 32. The maximum Gasteiger partial charge on any atom is 0.308 e. The Hall–Kier alpha value is -2.85. The van der Waals surface area contributed by atoms with E-state index in [0.29, 0.717) is 19.6 Å². The maximum atomic E-state index is 12.9. The molecule has 0 radical (unpaired) electrons. The third kappa shape index (κ3) is 25.2. The van der Waals surface area contributed by atoms with Crippen molar-refractivity contribution in [3.63, 3.8) is 0 Å². The van der Waals surface area contributed by atoms with Crippen molar-refractivity contribution in [3.05, 3.63) is 0 Å². The Kier molecular flexibility index (Phi) is 29.6. The molecule has 6 N–H and O–H groups in total. The molecule has 280 valence electrons. The minimum Gasteiger partial charge on any atom is -0.465 e. The van der Waals surface area contributed by atoms with E-state index in [1.165, 1.54) is 0 Å². The number of nitrogens with one attached hydrogen (secondary N) is 2. The number of unbranched alkanes of at least 4 members (excludes halogenated alkanes) is 9. The number of guanidine groups is 1. The van der Waals surface area contributed by atoms with Crippen molar-refractivity contribution in [2.24, 2.45) is 28.3 Å². The molecular formula is C37H71N5O6. The van der Waals surface area contributed by atoms with Gasteiger partial charge in [-0.1, -0.05) is 105 Å². The highest BCUT2D eigenvalue weighted by molar-refractivity contribution is 5.87. The summed E-state index contributed by atoms with van der Waals surface area (Å²) in [4.78, 5) is 54.4. The molecule has 0 aliphatic heterocycles. The van der Waals surface area contributed by atoms with E-state index in [2.05, 4.69) is 43.3 Å². The third-order valence-corrected chi connectivity index (χ3v) is 8.52. The van der Waals surface area contributed by atoms with Crippen molar-refractivity contribution >= 4 is 29.7 Å². The number of hydrogen-bond acceptors (Lipinski definition) is 7. The van der Waals surface area contributed by atoms with Crippen molar-refractivity contribution < 1.29 is 28.7 Å². The Morgan fingerprint density at radius 1 is 0.604 bits per heavy atom. The highest BCUT2D eigenvalue weighted by atomic mass is 16.5. The zero-order chi connectivity index (χ0) is 35.8. The fourth-order valence-corrected chi connectivity index (χ4v) is 5.68. The first kappa shape index (κ1) is 45.2.